The predicted molar refractivity (Wildman–Crippen MR) is 55.6 cm³/mol. The van der Waals surface area contributed by atoms with E-state index < -0.39 is 5.54 Å². The molecule has 0 radical (unpaired) electrons. The highest BCUT2D eigenvalue weighted by atomic mass is 16.5. The van der Waals surface area contributed by atoms with Crippen molar-refractivity contribution in [2.45, 2.75) is 37.6 Å². The quantitative estimate of drug-likeness (QED) is 0.678. The lowest BCUT2D eigenvalue weighted by Gasteiger charge is -2.45. The Morgan fingerprint density at radius 1 is 1.12 bits per heavy atom. The third-order valence-corrected chi connectivity index (χ3v) is 3.50. The molecule has 0 aromatic carbocycles. The smallest absolute Gasteiger partial charge is 0.255 e. The van der Waals surface area contributed by atoms with E-state index in [1.165, 1.54) is 4.90 Å². The Balaban J connectivity index is 2.23. The first-order chi connectivity index (χ1) is 7.69. The van der Waals surface area contributed by atoms with Crippen LogP contribution in [0.15, 0.2) is 0 Å². The van der Waals surface area contributed by atoms with E-state index in [9.17, 15) is 14.7 Å². The van der Waals surface area contributed by atoms with Gasteiger partial charge in [0.15, 0.2) is 0 Å². The van der Waals surface area contributed by atoms with Gasteiger partial charge in [0.2, 0.25) is 0 Å². The number of ether oxygens (including phenoxy) is 1. The van der Waals surface area contributed by atoms with Crippen LogP contribution in [0.25, 0.3) is 0 Å². The molecule has 5 nitrogen and oxygen atoms in total. The molecule has 2 amide bonds. The van der Waals surface area contributed by atoms with E-state index in [0.717, 1.165) is 19.3 Å². The summed E-state index contributed by atoms with van der Waals surface area (Å²) in [7, 11) is 0. The maximum absolute atomic E-state index is 11.7. The fraction of sp³-hybridized carbons (Fsp3) is 0.818. The number of rotatable bonds is 2. The lowest BCUT2D eigenvalue weighted by molar-refractivity contribution is -0.170. The van der Waals surface area contributed by atoms with Gasteiger partial charge in [-0.25, -0.2) is 0 Å². The Kier molecular flexibility index (Phi) is 3.25. The van der Waals surface area contributed by atoms with Crippen LogP contribution in [-0.4, -0.2) is 47.2 Å². The van der Waals surface area contributed by atoms with Gasteiger partial charge in [0.05, 0.1) is 12.1 Å². The zero-order valence-electron chi connectivity index (χ0n) is 9.28. The zero-order chi connectivity index (χ0) is 11.6. The minimum atomic E-state index is -0.657. The summed E-state index contributed by atoms with van der Waals surface area (Å²) in [6.45, 7) is -0.231. The molecular weight excluding hydrogens is 210 g/mol. The molecule has 0 aromatic rings. The average molecular weight is 227 g/mol. The molecule has 1 heterocycles. The number of morpholine rings is 1. The lowest BCUT2D eigenvalue weighted by Crippen LogP contribution is -2.61. The second kappa shape index (κ2) is 4.51. The van der Waals surface area contributed by atoms with Gasteiger partial charge in [-0.3, -0.25) is 14.5 Å². The van der Waals surface area contributed by atoms with Crippen LogP contribution in [-0.2, 0) is 14.3 Å². The van der Waals surface area contributed by atoms with Crippen LogP contribution < -0.4 is 0 Å². The minimum Gasteiger partial charge on any atom is -0.394 e. The summed E-state index contributed by atoms with van der Waals surface area (Å²) in [6, 6.07) is 0. The molecule has 16 heavy (non-hydrogen) atoms. The molecule has 1 saturated carbocycles. The standard InChI is InChI=1S/C11H17NO4/c13-8-11(4-2-1-3-5-11)12-9(14)6-16-7-10(12)15/h13H,1-8H2. The molecule has 0 aromatic heterocycles. The van der Waals surface area contributed by atoms with Gasteiger partial charge in [-0.2, -0.15) is 0 Å². The SMILES string of the molecule is O=C1COCC(=O)N1C1(CO)CCCCC1. The van der Waals surface area contributed by atoms with Crippen LogP contribution in [0.3, 0.4) is 0 Å². The number of nitrogens with zero attached hydrogens (tertiary/aromatic N) is 1. The summed E-state index contributed by atoms with van der Waals surface area (Å²) in [5.41, 5.74) is -0.657. The number of aliphatic hydroxyl groups is 1. The molecule has 2 fully saturated rings. The molecule has 2 aliphatic rings. The normalized spacial score (nSPS) is 25.9. The Bertz CT molecular complexity index is 280. The third-order valence-electron chi connectivity index (χ3n) is 3.50. The summed E-state index contributed by atoms with van der Waals surface area (Å²) in [5, 5.41) is 9.54. The van der Waals surface area contributed by atoms with Crippen LogP contribution in [0.4, 0.5) is 0 Å². The topological polar surface area (TPSA) is 66.8 Å². The molecule has 0 atom stereocenters. The van der Waals surface area contributed by atoms with Crippen molar-refractivity contribution in [3.05, 3.63) is 0 Å². The van der Waals surface area contributed by atoms with Crippen LogP contribution in [0.1, 0.15) is 32.1 Å². The molecule has 90 valence electrons. The van der Waals surface area contributed by atoms with E-state index in [1.54, 1.807) is 0 Å². The highest BCUT2D eigenvalue weighted by molar-refractivity contribution is 5.99. The molecule has 0 spiro atoms. The zero-order valence-corrected chi connectivity index (χ0v) is 9.28. The Hall–Kier alpha value is -0.940. The van der Waals surface area contributed by atoms with Crippen molar-refractivity contribution in [2.75, 3.05) is 19.8 Å². The van der Waals surface area contributed by atoms with Crippen molar-refractivity contribution in [3.8, 4) is 0 Å². The molecule has 0 bridgehead atoms. The van der Waals surface area contributed by atoms with Crippen molar-refractivity contribution < 1.29 is 19.4 Å². The third kappa shape index (κ3) is 1.85. The predicted octanol–water partition coefficient (Wildman–Crippen LogP) is 0.0670. The maximum Gasteiger partial charge on any atom is 0.255 e. The summed E-state index contributed by atoms with van der Waals surface area (Å²) >= 11 is 0. The second-order valence-electron chi connectivity index (χ2n) is 4.56. The van der Waals surface area contributed by atoms with E-state index in [0.29, 0.717) is 12.8 Å². The largest absolute Gasteiger partial charge is 0.394 e. The molecule has 1 N–H and O–H groups in total. The second-order valence-corrected chi connectivity index (χ2v) is 4.56. The Morgan fingerprint density at radius 2 is 1.69 bits per heavy atom. The van der Waals surface area contributed by atoms with Gasteiger partial charge in [-0.1, -0.05) is 19.3 Å². The Labute approximate surface area is 94.4 Å². The van der Waals surface area contributed by atoms with E-state index in [2.05, 4.69) is 0 Å². The first-order valence-corrected chi connectivity index (χ1v) is 5.74. The number of hydrogen-bond acceptors (Lipinski definition) is 4. The molecular formula is C11H17NO4. The van der Waals surface area contributed by atoms with E-state index in [-0.39, 0.29) is 31.6 Å². The average Bonchev–Trinajstić information content (AvgIpc) is 2.30. The van der Waals surface area contributed by atoms with Crippen LogP contribution in [0, 0.1) is 0 Å². The van der Waals surface area contributed by atoms with Crippen molar-refractivity contribution >= 4 is 11.8 Å². The van der Waals surface area contributed by atoms with Gasteiger partial charge in [0.25, 0.3) is 11.8 Å². The van der Waals surface area contributed by atoms with Gasteiger partial charge in [-0.05, 0) is 12.8 Å². The summed E-state index contributed by atoms with van der Waals surface area (Å²) in [5.74, 6) is -0.626. The van der Waals surface area contributed by atoms with Crippen molar-refractivity contribution in [1.82, 2.24) is 4.90 Å². The lowest BCUT2D eigenvalue weighted by atomic mass is 9.80. The fourth-order valence-corrected chi connectivity index (χ4v) is 2.69. The van der Waals surface area contributed by atoms with E-state index in [4.69, 9.17) is 4.74 Å². The number of hydrogen-bond donors (Lipinski definition) is 1. The molecule has 5 heteroatoms. The summed E-state index contributed by atoms with van der Waals surface area (Å²) < 4.78 is 4.88. The number of carbonyl (C=O) groups is 2. The number of carbonyl (C=O) groups excluding carboxylic acids is 2. The van der Waals surface area contributed by atoms with Crippen molar-refractivity contribution in [2.24, 2.45) is 0 Å². The molecule has 1 saturated heterocycles. The highest BCUT2D eigenvalue weighted by Gasteiger charge is 2.45. The monoisotopic (exact) mass is 227 g/mol. The van der Waals surface area contributed by atoms with Gasteiger partial charge >= 0.3 is 0 Å². The molecule has 0 unspecified atom stereocenters. The fourth-order valence-electron chi connectivity index (χ4n) is 2.69. The summed E-state index contributed by atoms with van der Waals surface area (Å²) in [4.78, 5) is 24.7. The van der Waals surface area contributed by atoms with E-state index >= 15 is 0 Å². The van der Waals surface area contributed by atoms with Crippen LogP contribution in [0.5, 0.6) is 0 Å². The molecule has 2 rings (SSSR count). The number of imide groups is 1. The number of amides is 2. The minimum absolute atomic E-state index is 0.0481. The van der Waals surface area contributed by atoms with Crippen molar-refractivity contribution in [1.29, 1.82) is 0 Å². The van der Waals surface area contributed by atoms with Gasteiger partial charge < -0.3 is 9.84 Å². The van der Waals surface area contributed by atoms with Gasteiger partial charge in [-0.15, -0.1) is 0 Å². The van der Waals surface area contributed by atoms with Crippen LogP contribution in [0.2, 0.25) is 0 Å². The van der Waals surface area contributed by atoms with Crippen molar-refractivity contribution in [3.63, 3.8) is 0 Å². The first kappa shape index (κ1) is 11.5. The van der Waals surface area contributed by atoms with Gasteiger partial charge in [0, 0.05) is 0 Å². The van der Waals surface area contributed by atoms with Crippen LogP contribution >= 0.6 is 0 Å². The first-order valence-electron chi connectivity index (χ1n) is 5.74. The number of aliphatic hydroxyl groups excluding tert-OH is 1. The Morgan fingerprint density at radius 3 is 2.19 bits per heavy atom. The maximum atomic E-state index is 11.7. The summed E-state index contributed by atoms with van der Waals surface area (Å²) in [6.07, 6.45) is 4.44. The highest BCUT2D eigenvalue weighted by Crippen LogP contribution is 2.34. The van der Waals surface area contributed by atoms with Gasteiger partial charge in [0.1, 0.15) is 13.2 Å². The molecule has 1 aliphatic heterocycles. The molecule has 1 aliphatic carbocycles. The van der Waals surface area contributed by atoms with E-state index in [1.807, 2.05) is 0 Å².